The molecule has 4 atom stereocenters. The van der Waals surface area contributed by atoms with Crippen molar-refractivity contribution in [2.24, 2.45) is 0 Å². The van der Waals surface area contributed by atoms with Gasteiger partial charge >= 0.3 is 12.2 Å². The van der Waals surface area contributed by atoms with E-state index >= 15 is 0 Å². The molecule has 3 heterocycles. The maximum atomic E-state index is 14.0. The number of rotatable bonds is 11. The highest BCUT2D eigenvalue weighted by Crippen LogP contribution is 2.30. The molecule has 2 saturated heterocycles. The fourth-order valence-electron chi connectivity index (χ4n) is 7.90. The minimum absolute atomic E-state index is 0.329. The third-order valence-corrected chi connectivity index (χ3v) is 10.7. The van der Waals surface area contributed by atoms with E-state index < -0.39 is 53.8 Å². The standard InChI is InChI=1S/C46H49N7O8/c1-46(2,3)61-45(60)51-39(30-14-8-5-9-15-30)43(57)53-25-11-17-37(53)41(55)48-33-22-23-34-31(26-33)27-35(49-34)28-18-20-32(21-19-28)47-40(54)36-16-10-24-52(36)42(56)38(50-44(58)59)29-12-6-4-7-13-29/h4-9,12-15,18-23,26-27,36-39,49-50H,10-11,16-17,24-25H2,1-3H3,(H,47,54)(H,48,55)(H,51,60)(H,58,59)/t36-,37-,38+,39+/m0/s1. The zero-order chi connectivity index (χ0) is 43.3. The second-order valence-corrected chi connectivity index (χ2v) is 16.2. The number of likely N-dealkylation sites (tertiary alicyclic amines) is 2. The van der Waals surface area contributed by atoms with Gasteiger partial charge in [0, 0.05) is 41.1 Å². The molecule has 15 heteroatoms. The van der Waals surface area contributed by atoms with Crippen molar-refractivity contribution in [1.29, 1.82) is 0 Å². The molecule has 15 nitrogen and oxygen atoms in total. The van der Waals surface area contributed by atoms with Gasteiger partial charge in [0.15, 0.2) is 0 Å². The van der Waals surface area contributed by atoms with Crippen molar-refractivity contribution in [2.75, 3.05) is 23.7 Å². The Morgan fingerprint density at radius 3 is 1.70 bits per heavy atom. The zero-order valence-electron chi connectivity index (χ0n) is 34.1. The highest BCUT2D eigenvalue weighted by molar-refractivity contribution is 6.01. The van der Waals surface area contributed by atoms with Crippen LogP contribution in [0.4, 0.5) is 21.0 Å². The Kier molecular flexibility index (Phi) is 12.4. The second-order valence-electron chi connectivity index (χ2n) is 16.2. The van der Waals surface area contributed by atoms with Crippen LogP contribution in [0.2, 0.25) is 0 Å². The molecule has 6 amide bonds. The van der Waals surface area contributed by atoms with Gasteiger partial charge in [0.05, 0.1) is 0 Å². The quantitative estimate of drug-likeness (QED) is 0.0819. The van der Waals surface area contributed by atoms with Gasteiger partial charge in [0.25, 0.3) is 11.8 Å². The average molecular weight is 828 g/mol. The Morgan fingerprint density at radius 1 is 0.672 bits per heavy atom. The molecule has 1 aromatic heterocycles. The van der Waals surface area contributed by atoms with Crippen LogP contribution in [-0.4, -0.2) is 86.5 Å². The monoisotopic (exact) mass is 827 g/mol. The number of nitrogens with zero attached hydrogens (tertiary/aromatic N) is 2. The van der Waals surface area contributed by atoms with E-state index in [0.29, 0.717) is 61.3 Å². The van der Waals surface area contributed by atoms with Crippen molar-refractivity contribution in [3.05, 3.63) is 120 Å². The number of hydrogen-bond donors (Lipinski definition) is 6. The molecular weight excluding hydrogens is 779 g/mol. The molecule has 7 rings (SSSR count). The van der Waals surface area contributed by atoms with Crippen LogP contribution in [0, 0.1) is 0 Å². The molecule has 0 bridgehead atoms. The predicted molar refractivity (Wildman–Crippen MR) is 229 cm³/mol. The Bertz CT molecular complexity index is 2410. The Labute approximate surface area is 352 Å². The van der Waals surface area contributed by atoms with E-state index in [2.05, 4.69) is 26.3 Å². The summed E-state index contributed by atoms with van der Waals surface area (Å²) in [6, 6.07) is 28.4. The number of ether oxygens (including phenoxy) is 1. The summed E-state index contributed by atoms with van der Waals surface area (Å²) in [6.45, 7) is 5.92. The van der Waals surface area contributed by atoms with Gasteiger partial charge in [0.1, 0.15) is 29.8 Å². The minimum atomic E-state index is -1.34. The molecule has 2 fully saturated rings. The summed E-state index contributed by atoms with van der Waals surface area (Å²) >= 11 is 0. The van der Waals surface area contributed by atoms with Gasteiger partial charge < -0.3 is 45.9 Å². The number of alkyl carbamates (subject to hydrolysis) is 1. The molecule has 0 unspecified atom stereocenters. The first kappa shape index (κ1) is 42.0. The van der Waals surface area contributed by atoms with Crippen LogP contribution in [0.25, 0.3) is 22.2 Å². The van der Waals surface area contributed by atoms with Crippen LogP contribution < -0.4 is 21.3 Å². The van der Waals surface area contributed by atoms with Crippen molar-refractivity contribution < 1.29 is 38.6 Å². The lowest BCUT2D eigenvalue weighted by molar-refractivity contribution is -0.138. The summed E-state index contributed by atoms with van der Waals surface area (Å²) in [4.78, 5) is 85.5. The maximum absolute atomic E-state index is 14.0. The van der Waals surface area contributed by atoms with Crippen LogP contribution >= 0.6 is 0 Å². The van der Waals surface area contributed by atoms with Crippen LogP contribution in [-0.2, 0) is 23.9 Å². The molecular formula is C46H49N7O8. The lowest BCUT2D eigenvalue weighted by Crippen LogP contribution is -2.49. The van der Waals surface area contributed by atoms with Crippen molar-refractivity contribution in [3.8, 4) is 11.3 Å². The number of aromatic nitrogens is 1. The highest BCUT2D eigenvalue weighted by atomic mass is 16.6. The Morgan fingerprint density at radius 2 is 1.18 bits per heavy atom. The number of amides is 6. The Balaban J connectivity index is 0.991. The second kappa shape index (κ2) is 18.0. The fourth-order valence-corrected chi connectivity index (χ4v) is 7.90. The third-order valence-electron chi connectivity index (χ3n) is 10.7. The Hall–Kier alpha value is -7.16. The number of carbonyl (C=O) groups excluding carboxylic acids is 5. The van der Waals surface area contributed by atoms with Gasteiger partial charge in [-0.3, -0.25) is 19.2 Å². The minimum Gasteiger partial charge on any atom is -0.465 e. The zero-order valence-corrected chi connectivity index (χ0v) is 34.1. The highest BCUT2D eigenvalue weighted by Gasteiger charge is 2.40. The van der Waals surface area contributed by atoms with Crippen molar-refractivity contribution in [3.63, 3.8) is 0 Å². The molecule has 0 radical (unpaired) electrons. The van der Waals surface area contributed by atoms with Gasteiger partial charge in [-0.25, -0.2) is 9.59 Å². The van der Waals surface area contributed by atoms with E-state index in [1.165, 1.54) is 9.80 Å². The molecule has 2 aliphatic rings. The average Bonchev–Trinajstić information content (AvgIpc) is 4.02. The number of benzene rings is 4. The molecule has 5 aromatic rings. The lowest BCUT2D eigenvalue weighted by atomic mass is 10.0. The van der Waals surface area contributed by atoms with Crippen LogP contribution in [0.1, 0.15) is 69.7 Å². The SMILES string of the molecule is CC(C)(C)OC(=O)N[C@@H](C(=O)N1CCC[C@H]1C(=O)Nc1ccc2[nH]c(-c3ccc(NC(=O)[C@@H]4CCCN4C(=O)[C@H](NC(=O)O)c4ccccc4)cc3)cc2c1)c1ccccc1. The molecule has 61 heavy (non-hydrogen) atoms. The molecule has 2 aliphatic heterocycles. The fraction of sp³-hybridized carbons (Fsp3) is 0.304. The van der Waals surface area contributed by atoms with E-state index in [4.69, 9.17) is 4.74 Å². The lowest BCUT2D eigenvalue weighted by Gasteiger charge is -2.29. The normalized spacial score (nSPS) is 17.3. The number of H-pyrrole nitrogens is 1. The summed E-state index contributed by atoms with van der Waals surface area (Å²) in [7, 11) is 0. The number of aromatic amines is 1. The summed E-state index contributed by atoms with van der Waals surface area (Å²) in [5.41, 5.74) is 3.87. The first-order valence-electron chi connectivity index (χ1n) is 20.3. The maximum Gasteiger partial charge on any atom is 0.408 e. The first-order valence-corrected chi connectivity index (χ1v) is 20.3. The van der Waals surface area contributed by atoms with E-state index in [0.717, 1.165) is 22.2 Å². The molecule has 316 valence electrons. The summed E-state index contributed by atoms with van der Waals surface area (Å²) < 4.78 is 5.45. The number of nitrogens with one attached hydrogen (secondary N) is 5. The van der Waals surface area contributed by atoms with Crippen LogP contribution in [0.15, 0.2) is 109 Å². The third kappa shape index (κ3) is 10.0. The number of carbonyl (C=O) groups is 6. The van der Waals surface area contributed by atoms with E-state index in [-0.39, 0.29) is 11.8 Å². The first-order chi connectivity index (χ1) is 29.2. The molecule has 0 spiro atoms. The van der Waals surface area contributed by atoms with Crippen LogP contribution in [0.5, 0.6) is 0 Å². The van der Waals surface area contributed by atoms with Gasteiger partial charge in [-0.05, 0) is 99.5 Å². The van der Waals surface area contributed by atoms with Gasteiger partial charge in [-0.15, -0.1) is 0 Å². The van der Waals surface area contributed by atoms with E-state index in [1.54, 1.807) is 93.6 Å². The number of fused-ring (bicyclic) bond motifs is 1. The summed E-state index contributed by atoms with van der Waals surface area (Å²) in [5.74, 6) is -1.58. The van der Waals surface area contributed by atoms with Crippen LogP contribution in [0.3, 0.4) is 0 Å². The summed E-state index contributed by atoms with van der Waals surface area (Å²) in [5, 5.41) is 21.2. The number of carboxylic acid groups (broad SMARTS) is 1. The number of hydrogen-bond acceptors (Lipinski definition) is 7. The molecule has 0 aliphatic carbocycles. The van der Waals surface area contributed by atoms with E-state index in [1.807, 2.05) is 36.4 Å². The number of anilines is 2. The van der Waals surface area contributed by atoms with Gasteiger partial charge in [-0.1, -0.05) is 72.8 Å². The predicted octanol–water partition coefficient (Wildman–Crippen LogP) is 6.97. The van der Waals surface area contributed by atoms with Crippen molar-refractivity contribution in [1.82, 2.24) is 25.4 Å². The smallest absolute Gasteiger partial charge is 0.408 e. The van der Waals surface area contributed by atoms with E-state index in [9.17, 15) is 33.9 Å². The molecule has 0 saturated carbocycles. The van der Waals surface area contributed by atoms with Gasteiger partial charge in [-0.2, -0.15) is 0 Å². The molecule has 4 aromatic carbocycles. The molecule has 6 N–H and O–H groups in total. The largest absolute Gasteiger partial charge is 0.465 e. The topological polar surface area (TPSA) is 202 Å². The van der Waals surface area contributed by atoms with Crippen molar-refractivity contribution in [2.45, 2.75) is 76.2 Å². The van der Waals surface area contributed by atoms with Crippen molar-refractivity contribution >= 4 is 58.1 Å². The summed E-state index contributed by atoms with van der Waals surface area (Å²) in [6.07, 6.45) is 0.0725. The van der Waals surface area contributed by atoms with Gasteiger partial charge in [0.2, 0.25) is 11.8 Å².